The van der Waals surface area contributed by atoms with Gasteiger partial charge in [-0.15, -0.1) is 0 Å². The number of fused-ring (bicyclic) bond motifs is 1. The van der Waals surface area contributed by atoms with Crippen molar-refractivity contribution in [3.8, 4) is 5.75 Å². The van der Waals surface area contributed by atoms with Crippen LogP contribution in [0.1, 0.15) is 47.9 Å². The third kappa shape index (κ3) is 3.16. The number of benzene rings is 1. The van der Waals surface area contributed by atoms with E-state index in [9.17, 15) is 4.79 Å². The number of Topliss-reactive ketones (excluding diaryl/α,β-unsaturated/α-hetero) is 1. The van der Waals surface area contributed by atoms with Gasteiger partial charge in [-0.25, -0.2) is 9.97 Å². The first-order valence-electron chi connectivity index (χ1n) is 9.09. The lowest BCUT2D eigenvalue weighted by Crippen LogP contribution is -2.51. The average molecular weight is 372 g/mol. The molecule has 4 rings (SSSR count). The Hall–Kier alpha value is -2.14. The number of carbonyl (C=O) groups is 1. The van der Waals surface area contributed by atoms with Crippen molar-refractivity contribution < 1.29 is 9.53 Å². The Morgan fingerprint density at radius 1 is 1.23 bits per heavy atom. The smallest absolute Gasteiger partial charge is 0.170 e. The second-order valence-corrected chi connectivity index (χ2v) is 7.58. The van der Waals surface area contributed by atoms with Crippen LogP contribution >= 0.6 is 11.6 Å². The highest BCUT2D eigenvalue weighted by Crippen LogP contribution is 2.40. The molecule has 0 atom stereocenters. The molecular weight excluding hydrogens is 350 g/mol. The van der Waals surface area contributed by atoms with Gasteiger partial charge in [0.1, 0.15) is 28.1 Å². The van der Waals surface area contributed by atoms with Gasteiger partial charge in [0.2, 0.25) is 0 Å². The van der Waals surface area contributed by atoms with Crippen LogP contribution < -0.4 is 9.64 Å². The Morgan fingerprint density at radius 2 is 2.00 bits per heavy atom. The van der Waals surface area contributed by atoms with E-state index in [-0.39, 0.29) is 5.78 Å². The Morgan fingerprint density at radius 3 is 2.73 bits per heavy atom. The summed E-state index contributed by atoms with van der Waals surface area (Å²) >= 11 is 6.13. The van der Waals surface area contributed by atoms with Crippen LogP contribution in [0.15, 0.2) is 24.3 Å². The summed E-state index contributed by atoms with van der Waals surface area (Å²) < 4.78 is 6.33. The Labute approximate surface area is 158 Å². The van der Waals surface area contributed by atoms with Gasteiger partial charge in [0.05, 0.1) is 12.0 Å². The molecule has 136 valence electrons. The number of aromatic nitrogens is 2. The summed E-state index contributed by atoms with van der Waals surface area (Å²) in [7, 11) is 0. The molecule has 1 spiro atoms. The number of rotatable bonds is 2. The van der Waals surface area contributed by atoms with E-state index in [0.717, 1.165) is 55.3 Å². The molecule has 1 saturated heterocycles. The zero-order valence-electron chi connectivity index (χ0n) is 15.1. The van der Waals surface area contributed by atoms with Crippen molar-refractivity contribution in [2.24, 2.45) is 0 Å². The molecule has 0 amide bonds. The van der Waals surface area contributed by atoms with Crippen molar-refractivity contribution in [3.05, 3.63) is 46.4 Å². The monoisotopic (exact) mass is 371 g/mol. The van der Waals surface area contributed by atoms with Gasteiger partial charge in [0.15, 0.2) is 5.78 Å². The van der Waals surface area contributed by atoms with E-state index in [0.29, 0.717) is 17.1 Å². The highest BCUT2D eigenvalue weighted by molar-refractivity contribution is 6.29. The first kappa shape index (κ1) is 17.3. The third-order valence-electron chi connectivity index (χ3n) is 5.29. The zero-order chi connectivity index (χ0) is 18.3. The maximum atomic E-state index is 12.7. The normalized spacial score (nSPS) is 18.6. The molecule has 1 aromatic heterocycles. The molecule has 1 fully saturated rings. The van der Waals surface area contributed by atoms with Crippen LogP contribution in [0.5, 0.6) is 5.75 Å². The van der Waals surface area contributed by atoms with Crippen LogP contribution in [0.2, 0.25) is 5.15 Å². The number of halogens is 1. The molecule has 0 unspecified atom stereocenters. The number of hydrogen-bond donors (Lipinski definition) is 0. The average Bonchev–Trinajstić information content (AvgIpc) is 2.62. The standard InChI is InChI=1S/C20H22ClN3O2/c1-3-18-22-17(21)11-19(23-18)24-8-6-20(7-9-24)12-15(25)14-10-13(2)4-5-16(14)26-20/h4-5,10-11H,3,6-9,12H2,1-2H3. The van der Waals surface area contributed by atoms with E-state index < -0.39 is 5.60 Å². The number of ketones is 1. The number of ether oxygens (including phenoxy) is 1. The highest BCUT2D eigenvalue weighted by atomic mass is 35.5. The number of aryl methyl sites for hydroxylation is 2. The Kier molecular flexibility index (Phi) is 4.35. The van der Waals surface area contributed by atoms with Gasteiger partial charge in [0.25, 0.3) is 0 Å². The minimum absolute atomic E-state index is 0.182. The van der Waals surface area contributed by atoms with E-state index in [1.54, 1.807) is 0 Å². The van der Waals surface area contributed by atoms with Gasteiger partial charge >= 0.3 is 0 Å². The molecule has 0 aliphatic carbocycles. The van der Waals surface area contributed by atoms with Crippen LogP contribution in [0.25, 0.3) is 0 Å². The van der Waals surface area contributed by atoms with Gasteiger partial charge in [0, 0.05) is 38.4 Å². The van der Waals surface area contributed by atoms with Gasteiger partial charge in [-0.2, -0.15) is 0 Å². The van der Waals surface area contributed by atoms with E-state index in [4.69, 9.17) is 16.3 Å². The molecule has 0 bridgehead atoms. The number of hydrogen-bond acceptors (Lipinski definition) is 5. The fourth-order valence-electron chi connectivity index (χ4n) is 3.80. The molecule has 3 heterocycles. The molecule has 2 aliphatic heterocycles. The lowest BCUT2D eigenvalue weighted by Gasteiger charge is -2.44. The maximum Gasteiger partial charge on any atom is 0.170 e. The van der Waals surface area contributed by atoms with Crippen LogP contribution in [0, 0.1) is 6.92 Å². The molecular formula is C20H22ClN3O2. The molecule has 6 heteroatoms. The second kappa shape index (κ2) is 6.54. The minimum Gasteiger partial charge on any atom is -0.486 e. The number of piperidine rings is 1. The Balaban J connectivity index is 1.53. The topological polar surface area (TPSA) is 55.3 Å². The number of carbonyl (C=O) groups excluding carboxylic acids is 1. The summed E-state index contributed by atoms with van der Waals surface area (Å²) in [6, 6.07) is 7.65. The van der Waals surface area contributed by atoms with Gasteiger partial charge < -0.3 is 9.64 Å². The molecule has 0 saturated carbocycles. The lowest BCUT2D eigenvalue weighted by atomic mass is 9.82. The van der Waals surface area contributed by atoms with E-state index in [2.05, 4.69) is 14.9 Å². The molecule has 2 aromatic rings. The van der Waals surface area contributed by atoms with E-state index >= 15 is 0 Å². The second-order valence-electron chi connectivity index (χ2n) is 7.19. The summed E-state index contributed by atoms with van der Waals surface area (Å²) in [5.74, 6) is 2.51. The predicted molar refractivity (Wildman–Crippen MR) is 101 cm³/mol. The molecule has 0 N–H and O–H groups in total. The molecule has 5 nitrogen and oxygen atoms in total. The minimum atomic E-state index is -0.403. The van der Waals surface area contributed by atoms with Crippen molar-refractivity contribution >= 4 is 23.2 Å². The quantitative estimate of drug-likeness (QED) is 0.747. The molecule has 26 heavy (non-hydrogen) atoms. The van der Waals surface area contributed by atoms with Crippen molar-refractivity contribution in [1.29, 1.82) is 0 Å². The van der Waals surface area contributed by atoms with Crippen molar-refractivity contribution in [2.45, 2.75) is 45.1 Å². The highest BCUT2D eigenvalue weighted by Gasteiger charge is 2.43. The summed E-state index contributed by atoms with van der Waals surface area (Å²) in [4.78, 5) is 23.7. The molecule has 2 aliphatic rings. The van der Waals surface area contributed by atoms with E-state index in [1.807, 2.05) is 38.1 Å². The summed E-state index contributed by atoms with van der Waals surface area (Å²) in [5.41, 5.74) is 1.40. The SMILES string of the molecule is CCc1nc(Cl)cc(N2CCC3(CC2)CC(=O)c2cc(C)ccc2O3)n1. The third-order valence-corrected chi connectivity index (χ3v) is 5.48. The fraction of sp³-hybridized carbons (Fsp3) is 0.450. The Bertz CT molecular complexity index is 860. The van der Waals surface area contributed by atoms with Crippen molar-refractivity contribution in [1.82, 2.24) is 9.97 Å². The number of anilines is 1. The number of nitrogens with zero attached hydrogens (tertiary/aromatic N) is 3. The van der Waals surface area contributed by atoms with Gasteiger partial charge in [-0.1, -0.05) is 30.2 Å². The molecule has 1 aromatic carbocycles. The van der Waals surface area contributed by atoms with Gasteiger partial charge in [-0.3, -0.25) is 4.79 Å². The molecule has 0 radical (unpaired) electrons. The summed E-state index contributed by atoms with van der Waals surface area (Å²) in [5, 5.41) is 0.473. The lowest BCUT2D eigenvalue weighted by molar-refractivity contribution is 0.0231. The van der Waals surface area contributed by atoms with E-state index in [1.165, 1.54) is 0 Å². The van der Waals surface area contributed by atoms with Crippen molar-refractivity contribution in [3.63, 3.8) is 0 Å². The largest absolute Gasteiger partial charge is 0.486 e. The van der Waals surface area contributed by atoms with Crippen LogP contribution in [0.4, 0.5) is 5.82 Å². The van der Waals surface area contributed by atoms with Crippen LogP contribution in [-0.2, 0) is 6.42 Å². The fourth-order valence-corrected chi connectivity index (χ4v) is 4.00. The summed E-state index contributed by atoms with van der Waals surface area (Å²) in [6.45, 7) is 5.57. The zero-order valence-corrected chi connectivity index (χ0v) is 15.8. The van der Waals surface area contributed by atoms with Crippen molar-refractivity contribution in [2.75, 3.05) is 18.0 Å². The van der Waals surface area contributed by atoms with Crippen LogP contribution in [0.3, 0.4) is 0 Å². The first-order chi connectivity index (χ1) is 12.5. The first-order valence-corrected chi connectivity index (χ1v) is 9.47. The predicted octanol–water partition coefficient (Wildman–Crippen LogP) is 4.01. The van der Waals surface area contributed by atoms with Gasteiger partial charge in [-0.05, 0) is 19.1 Å². The summed E-state index contributed by atoms with van der Waals surface area (Å²) in [6.07, 6.45) is 2.77. The maximum absolute atomic E-state index is 12.7. The van der Waals surface area contributed by atoms with Crippen LogP contribution in [-0.4, -0.2) is 34.4 Å².